The monoisotopic (exact) mass is 402 g/mol. The van der Waals surface area contributed by atoms with Gasteiger partial charge in [0, 0.05) is 35.8 Å². The highest BCUT2D eigenvalue weighted by Gasteiger charge is 2.43. The van der Waals surface area contributed by atoms with Gasteiger partial charge in [-0.1, -0.05) is 0 Å². The third-order valence-corrected chi connectivity index (χ3v) is 6.89. The lowest BCUT2D eigenvalue weighted by Crippen LogP contribution is -2.47. The van der Waals surface area contributed by atoms with Crippen molar-refractivity contribution in [2.24, 2.45) is 5.92 Å². The Morgan fingerprint density at radius 3 is 2.66 bits per heavy atom. The zero-order chi connectivity index (χ0) is 20.0. The molecule has 2 aliphatic rings. The largest absolute Gasteiger partial charge is 0.393 e. The predicted molar refractivity (Wildman–Crippen MR) is 107 cm³/mol. The smallest absolute Gasteiger partial charge is 0.346 e. The Morgan fingerprint density at radius 2 is 1.86 bits per heavy atom. The molecule has 5 rings (SSSR count). The van der Waals surface area contributed by atoms with Crippen LogP contribution in [0.2, 0.25) is 0 Å². The molecule has 2 fully saturated rings. The van der Waals surface area contributed by atoms with Crippen LogP contribution in [0.25, 0.3) is 21.9 Å². The number of piperidine rings is 1. The molecule has 0 spiro atoms. The number of H-pyrrole nitrogens is 1. The lowest BCUT2D eigenvalue weighted by Gasteiger charge is -2.42. The van der Waals surface area contributed by atoms with E-state index >= 15 is 0 Å². The van der Waals surface area contributed by atoms with E-state index in [0.29, 0.717) is 12.3 Å². The predicted octanol–water partition coefficient (Wildman–Crippen LogP) is 5.41. The van der Waals surface area contributed by atoms with Gasteiger partial charge in [-0.3, -0.25) is 9.88 Å². The van der Waals surface area contributed by atoms with Crippen LogP contribution >= 0.6 is 0 Å². The molecule has 0 radical (unpaired) electrons. The molecule has 1 saturated carbocycles. The van der Waals surface area contributed by atoms with E-state index in [2.05, 4.69) is 25.9 Å². The van der Waals surface area contributed by atoms with Crippen molar-refractivity contribution < 1.29 is 13.2 Å². The number of nitrogens with zero attached hydrogens (tertiary/aromatic N) is 3. The minimum absolute atomic E-state index is 0.173. The van der Waals surface area contributed by atoms with Gasteiger partial charge in [0.1, 0.15) is 5.65 Å². The molecule has 4 nitrogen and oxygen atoms in total. The van der Waals surface area contributed by atoms with Gasteiger partial charge in [-0.25, -0.2) is 4.98 Å². The van der Waals surface area contributed by atoms with Gasteiger partial charge < -0.3 is 4.98 Å². The maximum atomic E-state index is 13.2. The van der Waals surface area contributed by atoms with Crippen molar-refractivity contribution in [2.75, 3.05) is 13.1 Å². The normalized spacial score (nSPS) is 26.9. The fraction of sp³-hybridized carbons (Fsp3) is 0.545. The highest BCUT2D eigenvalue weighted by molar-refractivity contribution is 6.05. The fourth-order valence-electron chi connectivity index (χ4n) is 5.38. The number of aromatic nitrogens is 3. The Kier molecular flexibility index (Phi) is 4.73. The lowest BCUT2D eigenvalue weighted by molar-refractivity contribution is -0.189. The van der Waals surface area contributed by atoms with E-state index in [-0.39, 0.29) is 19.0 Å². The minimum Gasteiger partial charge on any atom is -0.346 e. The number of rotatable bonds is 2. The number of hydrogen-bond donors (Lipinski definition) is 1. The van der Waals surface area contributed by atoms with Gasteiger partial charge in [-0.15, -0.1) is 0 Å². The van der Waals surface area contributed by atoms with Crippen molar-refractivity contribution in [1.82, 2.24) is 19.9 Å². The van der Waals surface area contributed by atoms with Crippen molar-refractivity contribution >= 4 is 21.9 Å². The summed E-state index contributed by atoms with van der Waals surface area (Å²) in [5.41, 5.74) is 3.07. The minimum atomic E-state index is -4.07. The summed E-state index contributed by atoms with van der Waals surface area (Å²) < 4.78 is 39.5. The van der Waals surface area contributed by atoms with Crippen LogP contribution in [-0.2, 0) is 0 Å². The van der Waals surface area contributed by atoms with Gasteiger partial charge in [0.25, 0.3) is 0 Å². The van der Waals surface area contributed by atoms with E-state index in [0.717, 1.165) is 54.2 Å². The first-order valence-corrected chi connectivity index (χ1v) is 10.5. The number of hydrogen-bond acceptors (Lipinski definition) is 3. The molecular formula is C22H25F3N4. The highest BCUT2D eigenvalue weighted by atomic mass is 19.4. The number of likely N-dealkylation sites (tertiary alicyclic amines) is 1. The maximum Gasteiger partial charge on any atom is 0.393 e. The first-order chi connectivity index (χ1) is 14.0. The summed E-state index contributed by atoms with van der Waals surface area (Å²) in [6, 6.07) is 4.44. The average Bonchev–Trinajstić information content (AvgIpc) is 3.22. The van der Waals surface area contributed by atoms with Crippen molar-refractivity contribution in [1.29, 1.82) is 0 Å². The SMILES string of the molecule is FC(F)(F)C1CCCN(C2CCC(c3ccnc4cnc5[nH]ccc5c34)CC2)C1. The molecule has 4 heterocycles. The molecule has 29 heavy (non-hydrogen) atoms. The summed E-state index contributed by atoms with van der Waals surface area (Å²) in [5.74, 6) is -0.743. The molecule has 3 aromatic rings. The number of alkyl halides is 3. The number of pyridine rings is 2. The fourth-order valence-corrected chi connectivity index (χ4v) is 5.38. The number of halogens is 3. The molecule has 1 aliphatic heterocycles. The van der Waals surface area contributed by atoms with E-state index in [4.69, 9.17) is 0 Å². The first-order valence-electron chi connectivity index (χ1n) is 10.5. The van der Waals surface area contributed by atoms with Gasteiger partial charge in [0.15, 0.2) is 0 Å². The maximum absolute atomic E-state index is 13.2. The molecule has 1 aliphatic carbocycles. The molecule has 0 amide bonds. The van der Waals surface area contributed by atoms with Gasteiger partial charge in [-0.2, -0.15) is 13.2 Å². The van der Waals surface area contributed by atoms with Crippen LogP contribution in [0.3, 0.4) is 0 Å². The Balaban J connectivity index is 1.34. The van der Waals surface area contributed by atoms with E-state index in [1.54, 1.807) is 0 Å². The molecule has 1 saturated heterocycles. The Bertz CT molecular complexity index is 1000. The molecule has 7 heteroatoms. The molecule has 1 N–H and O–H groups in total. The zero-order valence-corrected chi connectivity index (χ0v) is 16.3. The van der Waals surface area contributed by atoms with Gasteiger partial charge in [0.2, 0.25) is 0 Å². The highest BCUT2D eigenvalue weighted by Crippen LogP contribution is 2.41. The molecule has 0 aromatic carbocycles. The third kappa shape index (κ3) is 3.50. The Morgan fingerprint density at radius 1 is 1.03 bits per heavy atom. The average molecular weight is 402 g/mol. The Labute approximate surface area is 167 Å². The number of nitrogens with one attached hydrogen (secondary N) is 1. The molecular weight excluding hydrogens is 377 g/mol. The Hall–Kier alpha value is -2.15. The molecule has 0 bridgehead atoms. The van der Waals surface area contributed by atoms with Crippen LogP contribution in [0.4, 0.5) is 13.2 Å². The second kappa shape index (κ2) is 7.27. The topological polar surface area (TPSA) is 44.8 Å². The second-order valence-electron chi connectivity index (χ2n) is 8.54. The standard InChI is InChI=1S/C22H25F3N4/c23-22(24,25)15-2-1-11-29(13-15)16-5-3-14(4-6-16)17-7-9-26-19-12-28-21-18(20(17)19)8-10-27-21/h7-10,12,14-16H,1-6,11,13H2,(H,27,28). The quantitative estimate of drug-likeness (QED) is 0.623. The van der Waals surface area contributed by atoms with Crippen molar-refractivity contribution in [3.05, 3.63) is 36.3 Å². The van der Waals surface area contributed by atoms with Crippen LogP contribution in [0.1, 0.15) is 50.0 Å². The summed E-state index contributed by atoms with van der Waals surface area (Å²) in [7, 11) is 0. The van der Waals surface area contributed by atoms with Crippen molar-refractivity contribution in [3.8, 4) is 0 Å². The summed E-state index contributed by atoms with van der Waals surface area (Å²) in [4.78, 5) is 14.2. The summed E-state index contributed by atoms with van der Waals surface area (Å²) in [5, 5.41) is 2.26. The molecule has 3 aromatic heterocycles. The van der Waals surface area contributed by atoms with E-state index in [1.807, 2.05) is 24.7 Å². The molecule has 154 valence electrons. The van der Waals surface area contributed by atoms with Gasteiger partial charge >= 0.3 is 6.18 Å². The van der Waals surface area contributed by atoms with Gasteiger partial charge in [0.05, 0.1) is 17.6 Å². The lowest BCUT2D eigenvalue weighted by atomic mass is 9.79. The number of fused-ring (bicyclic) bond motifs is 3. The van der Waals surface area contributed by atoms with Crippen molar-refractivity contribution in [2.45, 2.75) is 56.7 Å². The summed E-state index contributed by atoms with van der Waals surface area (Å²) in [6.45, 7) is 0.975. The van der Waals surface area contributed by atoms with E-state index in [9.17, 15) is 13.2 Å². The van der Waals surface area contributed by atoms with Crippen LogP contribution < -0.4 is 0 Å². The molecule has 1 unspecified atom stereocenters. The molecule has 1 atom stereocenters. The van der Waals surface area contributed by atoms with Gasteiger partial charge in [-0.05, 0) is 68.7 Å². The zero-order valence-electron chi connectivity index (χ0n) is 16.3. The van der Waals surface area contributed by atoms with Crippen molar-refractivity contribution in [3.63, 3.8) is 0 Å². The van der Waals surface area contributed by atoms with Crippen LogP contribution in [0.15, 0.2) is 30.7 Å². The first kappa shape index (κ1) is 18.9. The van der Waals surface area contributed by atoms with Crippen LogP contribution in [0.5, 0.6) is 0 Å². The number of aromatic amines is 1. The van der Waals surface area contributed by atoms with E-state index in [1.165, 1.54) is 5.56 Å². The third-order valence-electron chi connectivity index (χ3n) is 6.89. The summed E-state index contributed by atoms with van der Waals surface area (Å²) in [6.07, 6.45) is 6.35. The summed E-state index contributed by atoms with van der Waals surface area (Å²) >= 11 is 0. The second-order valence-corrected chi connectivity index (χ2v) is 8.54. The van der Waals surface area contributed by atoms with E-state index < -0.39 is 12.1 Å². The van der Waals surface area contributed by atoms with Crippen LogP contribution in [0, 0.1) is 5.92 Å². The van der Waals surface area contributed by atoms with Crippen LogP contribution in [-0.4, -0.2) is 45.2 Å².